The van der Waals surface area contributed by atoms with Gasteiger partial charge in [0.1, 0.15) is 5.82 Å². The first kappa shape index (κ1) is 24.2. The summed E-state index contributed by atoms with van der Waals surface area (Å²) in [7, 11) is 0. The highest BCUT2D eigenvalue weighted by molar-refractivity contribution is 5.85. The molecule has 3 N–H and O–H groups in total. The fourth-order valence-corrected chi connectivity index (χ4v) is 4.29. The molecule has 3 rings (SSSR count). The lowest BCUT2D eigenvalue weighted by molar-refractivity contribution is -0.128. The molecule has 2 fully saturated rings. The van der Waals surface area contributed by atoms with Gasteiger partial charge in [0.25, 0.3) is 0 Å². The number of hydrogen-bond acceptors (Lipinski definition) is 3. The smallest absolute Gasteiger partial charge is 0.224 e. The lowest BCUT2D eigenvalue weighted by atomic mass is 9.84. The molecule has 3 unspecified atom stereocenters. The van der Waals surface area contributed by atoms with Crippen molar-refractivity contribution in [1.82, 2.24) is 10.2 Å². The quantitative estimate of drug-likeness (QED) is 0.767. The van der Waals surface area contributed by atoms with Crippen LogP contribution in [0.1, 0.15) is 44.1 Å². The number of nitrogens with zero attached hydrogens (tertiary/aromatic N) is 1. The van der Waals surface area contributed by atoms with E-state index in [1.54, 1.807) is 12.1 Å². The van der Waals surface area contributed by atoms with E-state index in [-0.39, 0.29) is 48.5 Å². The third kappa shape index (κ3) is 6.90. The van der Waals surface area contributed by atoms with Gasteiger partial charge in [-0.1, -0.05) is 25.0 Å². The van der Waals surface area contributed by atoms with Gasteiger partial charge in [-0.05, 0) is 62.4 Å². The second-order valence-corrected chi connectivity index (χ2v) is 7.60. The summed E-state index contributed by atoms with van der Waals surface area (Å²) in [6.07, 6.45) is 6.52. The third-order valence-corrected chi connectivity index (χ3v) is 5.71. The van der Waals surface area contributed by atoms with Gasteiger partial charge in [0.2, 0.25) is 5.91 Å². The molecule has 7 heteroatoms. The monoisotopic (exact) mass is 419 g/mol. The summed E-state index contributed by atoms with van der Waals surface area (Å²) >= 11 is 0. The van der Waals surface area contributed by atoms with Crippen molar-refractivity contribution in [2.75, 3.05) is 19.6 Å². The molecular weight excluding hydrogens is 388 g/mol. The molecule has 1 saturated heterocycles. The summed E-state index contributed by atoms with van der Waals surface area (Å²) in [5.74, 6) is 0.426. The molecule has 27 heavy (non-hydrogen) atoms. The molecule has 154 valence electrons. The summed E-state index contributed by atoms with van der Waals surface area (Å²) in [5.41, 5.74) is 6.85. The minimum atomic E-state index is -0.200. The molecule has 1 heterocycles. The van der Waals surface area contributed by atoms with Gasteiger partial charge in [-0.3, -0.25) is 9.69 Å². The highest BCUT2D eigenvalue weighted by Crippen LogP contribution is 2.25. The van der Waals surface area contributed by atoms with Crippen LogP contribution in [-0.4, -0.2) is 36.5 Å². The average Bonchev–Trinajstić information content (AvgIpc) is 2.62. The zero-order valence-electron chi connectivity index (χ0n) is 15.7. The summed E-state index contributed by atoms with van der Waals surface area (Å²) in [6, 6.07) is 6.98. The molecule has 1 aromatic carbocycles. The van der Waals surface area contributed by atoms with Gasteiger partial charge >= 0.3 is 0 Å². The van der Waals surface area contributed by atoms with Crippen LogP contribution in [0.15, 0.2) is 24.3 Å². The number of likely N-dealkylation sites (tertiary alicyclic amines) is 1. The number of nitrogens with two attached hydrogens (primary N) is 1. The van der Waals surface area contributed by atoms with Crippen LogP contribution in [0.4, 0.5) is 4.39 Å². The van der Waals surface area contributed by atoms with Crippen molar-refractivity contribution >= 4 is 30.7 Å². The number of amides is 1. The van der Waals surface area contributed by atoms with Crippen LogP contribution in [0, 0.1) is 17.7 Å². The van der Waals surface area contributed by atoms with Crippen LogP contribution in [0.3, 0.4) is 0 Å². The molecule has 3 atom stereocenters. The third-order valence-electron chi connectivity index (χ3n) is 5.71. The van der Waals surface area contributed by atoms with E-state index in [0.29, 0.717) is 19.0 Å². The Bertz CT molecular complexity index is 590. The van der Waals surface area contributed by atoms with Crippen molar-refractivity contribution in [3.8, 4) is 0 Å². The zero-order chi connectivity index (χ0) is 17.6. The van der Waals surface area contributed by atoms with E-state index >= 15 is 0 Å². The van der Waals surface area contributed by atoms with Crippen molar-refractivity contribution < 1.29 is 9.18 Å². The predicted octanol–water partition coefficient (Wildman–Crippen LogP) is 3.52. The Morgan fingerprint density at radius 1 is 1.19 bits per heavy atom. The molecule has 2 aliphatic rings. The standard InChI is InChI=1S/C20H30FN3O.2ClH/c21-18-8-3-5-15(11-18)13-24-10-4-7-17(14-24)20(25)23-19-9-2-1-6-16(19)12-22;;/h3,5,8,11,16-17,19H,1-2,4,6-7,9-10,12-14,22H2,(H,23,25);2*1H. The summed E-state index contributed by atoms with van der Waals surface area (Å²) in [6.45, 7) is 3.08. The van der Waals surface area contributed by atoms with E-state index in [9.17, 15) is 9.18 Å². The number of piperidine rings is 1. The Kier molecular flexibility index (Phi) is 10.6. The van der Waals surface area contributed by atoms with Crippen molar-refractivity contribution in [3.63, 3.8) is 0 Å². The number of nitrogens with one attached hydrogen (secondary N) is 1. The molecule has 0 bridgehead atoms. The second kappa shape index (κ2) is 11.8. The van der Waals surface area contributed by atoms with Crippen LogP contribution in [0.25, 0.3) is 0 Å². The van der Waals surface area contributed by atoms with Gasteiger partial charge in [-0.25, -0.2) is 4.39 Å². The highest BCUT2D eigenvalue weighted by Gasteiger charge is 2.30. The molecule has 0 aromatic heterocycles. The Morgan fingerprint density at radius 2 is 1.96 bits per heavy atom. The molecule has 1 amide bonds. The van der Waals surface area contributed by atoms with Crippen molar-refractivity contribution in [2.45, 2.75) is 51.1 Å². The molecule has 1 aliphatic carbocycles. The number of rotatable bonds is 5. The fourth-order valence-electron chi connectivity index (χ4n) is 4.29. The van der Waals surface area contributed by atoms with Crippen molar-refractivity contribution in [3.05, 3.63) is 35.6 Å². The van der Waals surface area contributed by atoms with E-state index in [1.165, 1.54) is 18.9 Å². The van der Waals surface area contributed by atoms with Gasteiger partial charge in [0.15, 0.2) is 0 Å². The Balaban J connectivity index is 0.00000182. The molecule has 1 aromatic rings. The summed E-state index contributed by atoms with van der Waals surface area (Å²) in [5, 5.41) is 3.28. The number of hydrogen-bond donors (Lipinski definition) is 2. The number of benzene rings is 1. The van der Waals surface area contributed by atoms with E-state index in [4.69, 9.17) is 5.73 Å². The van der Waals surface area contributed by atoms with Gasteiger partial charge in [-0.15, -0.1) is 24.8 Å². The summed E-state index contributed by atoms with van der Waals surface area (Å²) < 4.78 is 13.4. The first-order chi connectivity index (χ1) is 12.2. The maximum atomic E-state index is 13.4. The Morgan fingerprint density at radius 3 is 2.70 bits per heavy atom. The second-order valence-electron chi connectivity index (χ2n) is 7.60. The van der Waals surface area contributed by atoms with E-state index in [0.717, 1.165) is 44.3 Å². The largest absolute Gasteiger partial charge is 0.353 e. The number of carbonyl (C=O) groups is 1. The first-order valence-electron chi connectivity index (χ1n) is 9.63. The lowest BCUT2D eigenvalue weighted by Gasteiger charge is -2.35. The molecule has 0 spiro atoms. The topological polar surface area (TPSA) is 58.4 Å². The minimum Gasteiger partial charge on any atom is -0.353 e. The summed E-state index contributed by atoms with van der Waals surface area (Å²) in [4.78, 5) is 15.0. The number of halogens is 3. The molecule has 1 aliphatic heterocycles. The zero-order valence-corrected chi connectivity index (χ0v) is 17.4. The predicted molar refractivity (Wildman–Crippen MR) is 112 cm³/mol. The maximum Gasteiger partial charge on any atom is 0.224 e. The fraction of sp³-hybridized carbons (Fsp3) is 0.650. The van der Waals surface area contributed by atoms with Crippen LogP contribution < -0.4 is 11.1 Å². The van der Waals surface area contributed by atoms with Crippen LogP contribution >= 0.6 is 24.8 Å². The van der Waals surface area contributed by atoms with E-state index in [2.05, 4.69) is 10.2 Å². The van der Waals surface area contributed by atoms with Crippen LogP contribution in [0.2, 0.25) is 0 Å². The average molecular weight is 420 g/mol. The normalized spacial score (nSPS) is 25.8. The first-order valence-corrected chi connectivity index (χ1v) is 9.63. The molecule has 4 nitrogen and oxygen atoms in total. The van der Waals surface area contributed by atoms with Crippen molar-refractivity contribution in [1.29, 1.82) is 0 Å². The van der Waals surface area contributed by atoms with E-state index in [1.807, 2.05) is 6.07 Å². The van der Waals surface area contributed by atoms with Gasteiger partial charge in [0, 0.05) is 19.1 Å². The van der Waals surface area contributed by atoms with Crippen LogP contribution in [-0.2, 0) is 11.3 Å². The maximum absolute atomic E-state index is 13.4. The lowest BCUT2D eigenvalue weighted by Crippen LogP contribution is -2.49. The Labute approximate surface area is 174 Å². The number of carbonyl (C=O) groups excluding carboxylic acids is 1. The SMILES string of the molecule is Cl.Cl.NCC1CCCCC1NC(=O)C1CCCN(Cc2cccc(F)c2)C1. The van der Waals surface area contributed by atoms with E-state index < -0.39 is 0 Å². The molecule has 1 saturated carbocycles. The van der Waals surface area contributed by atoms with Gasteiger partial charge in [-0.2, -0.15) is 0 Å². The highest BCUT2D eigenvalue weighted by atomic mass is 35.5. The molecular formula is C20H32Cl2FN3O. The Hall–Kier alpha value is -0.880. The molecule has 0 radical (unpaired) electrons. The van der Waals surface area contributed by atoms with Crippen molar-refractivity contribution in [2.24, 2.45) is 17.6 Å². The van der Waals surface area contributed by atoms with Gasteiger partial charge in [0.05, 0.1) is 5.92 Å². The minimum absolute atomic E-state index is 0. The van der Waals surface area contributed by atoms with Crippen LogP contribution in [0.5, 0.6) is 0 Å². The van der Waals surface area contributed by atoms with Gasteiger partial charge < -0.3 is 11.1 Å².